The molecule has 0 aliphatic heterocycles. The monoisotopic (exact) mass is 203 g/mol. The first-order valence-corrected chi connectivity index (χ1v) is 4.94. The molecule has 3 nitrogen and oxygen atoms in total. The van der Waals surface area contributed by atoms with E-state index in [-0.39, 0.29) is 5.69 Å². The highest BCUT2D eigenvalue weighted by Gasteiger charge is 2.11. The smallest absolute Gasteiger partial charge is 0.352 e. The molecule has 1 aromatic carbocycles. The van der Waals surface area contributed by atoms with Gasteiger partial charge in [0, 0.05) is 10.9 Å². The molecular weight excluding hydrogens is 190 g/mol. The molecule has 0 unspecified atom stereocenters. The van der Waals surface area contributed by atoms with E-state index < -0.39 is 5.97 Å². The summed E-state index contributed by atoms with van der Waals surface area (Å²) in [6.45, 7) is 4.20. The molecule has 0 fully saturated rings. The zero-order valence-electron chi connectivity index (χ0n) is 8.74. The van der Waals surface area contributed by atoms with Gasteiger partial charge in [-0.3, -0.25) is 0 Å². The SMILES string of the molecule is CC(C)c1cccc2[nH]c(C(=O)O)cc12. The predicted molar refractivity (Wildman–Crippen MR) is 59.3 cm³/mol. The molecule has 0 spiro atoms. The number of H-pyrrole nitrogens is 1. The predicted octanol–water partition coefficient (Wildman–Crippen LogP) is 2.99. The number of hydrogen-bond donors (Lipinski definition) is 2. The van der Waals surface area contributed by atoms with E-state index in [9.17, 15) is 4.79 Å². The van der Waals surface area contributed by atoms with Gasteiger partial charge in [0.25, 0.3) is 0 Å². The molecule has 0 amide bonds. The fraction of sp³-hybridized carbons (Fsp3) is 0.250. The van der Waals surface area contributed by atoms with Crippen LogP contribution in [-0.4, -0.2) is 16.1 Å². The number of carbonyl (C=O) groups is 1. The Balaban J connectivity index is 2.69. The van der Waals surface area contributed by atoms with Crippen LogP contribution in [0.5, 0.6) is 0 Å². The molecule has 2 N–H and O–H groups in total. The van der Waals surface area contributed by atoms with Crippen LogP contribution in [0.2, 0.25) is 0 Å². The van der Waals surface area contributed by atoms with Gasteiger partial charge in [0.15, 0.2) is 0 Å². The van der Waals surface area contributed by atoms with Gasteiger partial charge in [0.1, 0.15) is 5.69 Å². The highest BCUT2D eigenvalue weighted by molar-refractivity contribution is 5.95. The standard InChI is InChI=1S/C12H13NO2/c1-7(2)8-4-3-5-10-9(8)6-11(13-10)12(14)15/h3-7,13H,1-2H3,(H,14,15). The van der Waals surface area contributed by atoms with E-state index in [0.717, 1.165) is 10.9 Å². The van der Waals surface area contributed by atoms with Crippen molar-refractivity contribution in [2.75, 3.05) is 0 Å². The lowest BCUT2D eigenvalue weighted by Gasteiger charge is -2.05. The lowest BCUT2D eigenvalue weighted by atomic mass is 9.99. The second kappa shape index (κ2) is 3.42. The van der Waals surface area contributed by atoms with Crippen molar-refractivity contribution in [3.8, 4) is 0 Å². The van der Waals surface area contributed by atoms with Gasteiger partial charge in [0.2, 0.25) is 0 Å². The minimum Gasteiger partial charge on any atom is -0.477 e. The van der Waals surface area contributed by atoms with Gasteiger partial charge in [-0.05, 0) is 23.6 Å². The number of carboxylic acids is 1. The number of aromatic amines is 1. The molecule has 0 saturated heterocycles. The number of hydrogen-bond acceptors (Lipinski definition) is 1. The molecule has 0 aliphatic carbocycles. The van der Waals surface area contributed by atoms with Crippen LogP contribution >= 0.6 is 0 Å². The van der Waals surface area contributed by atoms with Crippen molar-refractivity contribution in [3.63, 3.8) is 0 Å². The molecule has 2 rings (SSSR count). The molecule has 0 radical (unpaired) electrons. The quantitative estimate of drug-likeness (QED) is 0.788. The van der Waals surface area contributed by atoms with E-state index in [1.165, 1.54) is 5.56 Å². The van der Waals surface area contributed by atoms with E-state index in [2.05, 4.69) is 18.8 Å². The van der Waals surface area contributed by atoms with Crippen LogP contribution < -0.4 is 0 Å². The zero-order chi connectivity index (χ0) is 11.0. The highest BCUT2D eigenvalue weighted by atomic mass is 16.4. The first kappa shape index (κ1) is 9.77. The second-order valence-electron chi connectivity index (χ2n) is 3.95. The molecule has 0 atom stereocenters. The summed E-state index contributed by atoms with van der Waals surface area (Å²) in [5, 5.41) is 9.89. The maximum Gasteiger partial charge on any atom is 0.352 e. The number of carboxylic acid groups (broad SMARTS) is 1. The van der Waals surface area contributed by atoms with Gasteiger partial charge < -0.3 is 10.1 Å². The summed E-state index contributed by atoms with van der Waals surface area (Å²) >= 11 is 0. The highest BCUT2D eigenvalue weighted by Crippen LogP contribution is 2.25. The van der Waals surface area contributed by atoms with Gasteiger partial charge in [0.05, 0.1) is 0 Å². The Morgan fingerprint density at radius 1 is 1.40 bits per heavy atom. The molecule has 15 heavy (non-hydrogen) atoms. The third kappa shape index (κ3) is 1.61. The number of aromatic carboxylic acids is 1. The van der Waals surface area contributed by atoms with Crippen LogP contribution in [0, 0.1) is 0 Å². The summed E-state index contributed by atoms with van der Waals surface area (Å²) in [5.74, 6) is -0.521. The van der Waals surface area contributed by atoms with E-state index in [1.807, 2.05) is 18.2 Å². The first-order valence-electron chi connectivity index (χ1n) is 4.94. The average molecular weight is 203 g/mol. The minimum absolute atomic E-state index is 0.248. The largest absolute Gasteiger partial charge is 0.477 e. The summed E-state index contributed by atoms with van der Waals surface area (Å²) in [4.78, 5) is 13.7. The maximum absolute atomic E-state index is 10.8. The van der Waals surface area contributed by atoms with E-state index >= 15 is 0 Å². The van der Waals surface area contributed by atoms with Gasteiger partial charge in [-0.1, -0.05) is 26.0 Å². The van der Waals surface area contributed by atoms with Crippen LogP contribution in [0.3, 0.4) is 0 Å². The van der Waals surface area contributed by atoms with Crippen molar-refractivity contribution >= 4 is 16.9 Å². The maximum atomic E-state index is 10.8. The van der Waals surface area contributed by atoms with Crippen molar-refractivity contribution in [2.45, 2.75) is 19.8 Å². The third-order valence-electron chi connectivity index (χ3n) is 2.55. The van der Waals surface area contributed by atoms with E-state index in [1.54, 1.807) is 6.07 Å². The fourth-order valence-electron chi connectivity index (χ4n) is 1.80. The number of aromatic nitrogens is 1. The van der Waals surface area contributed by atoms with Crippen molar-refractivity contribution in [2.24, 2.45) is 0 Å². The lowest BCUT2D eigenvalue weighted by molar-refractivity contribution is 0.0691. The molecule has 78 valence electrons. The Morgan fingerprint density at radius 2 is 2.13 bits per heavy atom. The molecule has 2 aromatic rings. The number of benzene rings is 1. The molecule has 1 aromatic heterocycles. The summed E-state index contributed by atoms with van der Waals surface area (Å²) in [6, 6.07) is 7.58. The normalized spacial score (nSPS) is 11.1. The molecule has 0 aliphatic rings. The van der Waals surface area contributed by atoms with E-state index in [0.29, 0.717) is 5.92 Å². The van der Waals surface area contributed by atoms with Crippen molar-refractivity contribution in [3.05, 3.63) is 35.5 Å². The Kier molecular flexibility index (Phi) is 2.23. The molecule has 0 bridgehead atoms. The zero-order valence-corrected chi connectivity index (χ0v) is 8.74. The fourth-order valence-corrected chi connectivity index (χ4v) is 1.80. The molecule has 1 heterocycles. The van der Waals surface area contributed by atoms with Crippen molar-refractivity contribution in [1.29, 1.82) is 0 Å². The number of nitrogens with one attached hydrogen (secondary N) is 1. The third-order valence-corrected chi connectivity index (χ3v) is 2.55. The summed E-state index contributed by atoms with van der Waals surface area (Å²) < 4.78 is 0. The van der Waals surface area contributed by atoms with Gasteiger partial charge in [-0.2, -0.15) is 0 Å². The number of fused-ring (bicyclic) bond motifs is 1. The molecular formula is C12H13NO2. The molecule has 3 heteroatoms. The van der Waals surface area contributed by atoms with Crippen molar-refractivity contribution in [1.82, 2.24) is 4.98 Å². The van der Waals surface area contributed by atoms with Gasteiger partial charge in [-0.25, -0.2) is 4.79 Å². The van der Waals surface area contributed by atoms with Crippen molar-refractivity contribution < 1.29 is 9.90 Å². The lowest BCUT2D eigenvalue weighted by Crippen LogP contribution is -1.94. The summed E-state index contributed by atoms with van der Waals surface area (Å²) in [7, 11) is 0. The first-order chi connectivity index (χ1) is 7.09. The second-order valence-corrected chi connectivity index (χ2v) is 3.95. The minimum atomic E-state index is -0.916. The van der Waals surface area contributed by atoms with Gasteiger partial charge >= 0.3 is 5.97 Å². The Bertz CT molecular complexity index is 511. The summed E-state index contributed by atoms with van der Waals surface area (Å²) in [5.41, 5.74) is 2.31. The van der Waals surface area contributed by atoms with Crippen LogP contribution in [0.1, 0.15) is 35.8 Å². The van der Waals surface area contributed by atoms with Gasteiger partial charge in [-0.15, -0.1) is 0 Å². The average Bonchev–Trinajstić information content (AvgIpc) is 2.60. The van der Waals surface area contributed by atoms with Crippen LogP contribution in [-0.2, 0) is 0 Å². The van der Waals surface area contributed by atoms with E-state index in [4.69, 9.17) is 5.11 Å². The van der Waals surface area contributed by atoms with Crippen LogP contribution in [0.4, 0.5) is 0 Å². The Hall–Kier alpha value is -1.77. The molecule has 0 saturated carbocycles. The topological polar surface area (TPSA) is 53.1 Å². The summed E-state index contributed by atoms with van der Waals surface area (Å²) in [6.07, 6.45) is 0. The Labute approximate surface area is 87.7 Å². The van der Waals surface area contributed by atoms with Crippen LogP contribution in [0.25, 0.3) is 10.9 Å². The Morgan fingerprint density at radius 3 is 2.73 bits per heavy atom. The number of rotatable bonds is 2. The van der Waals surface area contributed by atoms with Crippen LogP contribution in [0.15, 0.2) is 24.3 Å².